The van der Waals surface area contributed by atoms with E-state index in [1.54, 1.807) is 0 Å². The molecule has 7 heteroatoms. The molecular formula is C21H28N6O. The van der Waals surface area contributed by atoms with E-state index in [1.165, 1.54) is 0 Å². The summed E-state index contributed by atoms with van der Waals surface area (Å²) in [5, 5.41) is 0. The van der Waals surface area contributed by atoms with E-state index in [4.69, 9.17) is 10.7 Å². The summed E-state index contributed by atoms with van der Waals surface area (Å²) in [4.78, 5) is 28.9. The third-order valence-corrected chi connectivity index (χ3v) is 5.78. The van der Waals surface area contributed by atoms with Crippen LogP contribution >= 0.6 is 0 Å². The van der Waals surface area contributed by atoms with Crippen molar-refractivity contribution < 1.29 is 4.79 Å². The maximum absolute atomic E-state index is 13.5. The Labute approximate surface area is 166 Å². The van der Waals surface area contributed by atoms with Crippen molar-refractivity contribution in [3.05, 3.63) is 41.3 Å². The van der Waals surface area contributed by atoms with Gasteiger partial charge in [0.1, 0.15) is 5.82 Å². The van der Waals surface area contributed by atoms with E-state index in [0.29, 0.717) is 6.54 Å². The van der Waals surface area contributed by atoms with Crippen LogP contribution in [-0.4, -0.2) is 55.1 Å². The number of rotatable bonds is 2. The number of nitrogens with two attached hydrogens (primary N) is 1. The first kappa shape index (κ1) is 18.7. The zero-order chi connectivity index (χ0) is 19.8. The van der Waals surface area contributed by atoms with Gasteiger partial charge in [-0.2, -0.15) is 0 Å². The van der Waals surface area contributed by atoms with Crippen LogP contribution in [-0.2, 0) is 0 Å². The first-order valence-electron chi connectivity index (χ1n) is 9.93. The van der Waals surface area contributed by atoms with Gasteiger partial charge in [0.05, 0.1) is 11.4 Å². The fourth-order valence-corrected chi connectivity index (χ4v) is 4.05. The first-order valence-corrected chi connectivity index (χ1v) is 9.93. The summed E-state index contributed by atoms with van der Waals surface area (Å²) in [6.07, 6.45) is 1.84. The normalized spacial score (nSPS) is 19.6. The fraction of sp³-hybridized carbons (Fsp3) is 0.476. The van der Waals surface area contributed by atoms with Crippen molar-refractivity contribution in [1.82, 2.24) is 9.97 Å². The summed E-state index contributed by atoms with van der Waals surface area (Å²) < 4.78 is 0. The molecule has 2 aliphatic rings. The molecule has 0 bridgehead atoms. The second-order valence-corrected chi connectivity index (χ2v) is 7.80. The van der Waals surface area contributed by atoms with Crippen LogP contribution in [0.3, 0.4) is 0 Å². The van der Waals surface area contributed by atoms with Gasteiger partial charge >= 0.3 is 0 Å². The number of amides is 1. The van der Waals surface area contributed by atoms with Gasteiger partial charge in [0, 0.05) is 50.5 Å². The standard InChI is InChI=1S/C21H28N6O/c1-14-15(2)23-19(24-20(14)26-12-9-16(22)13-26)21(28)27-11-6-10-25(3)17-7-4-5-8-18(17)27/h4-5,7-8,16H,6,9-13,22H2,1-3H3/t16-/m1/s1. The van der Waals surface area contributed by atoms with Crippen LogP contribution in [0.2, 0.25) is 0 Å². The summed E-state index contributed by atoms with van der Waals surface area (Å²) in [6, 6.07) is 8.18. The lowest BCUT2D eigenvalue weighted by Crippen LogP contribution is -2.34. The van der Waals surface area contributed by atoms with E-state index >= 15 is 0 Å². The van der Waals surface area contributed by atoms with Gasteiger partial charge in [-0.3, -0.25) is 4.79 Å². The van der Waals surface area contributed by atoms with Gasteiger partial charge in [-0.25, -0.2) is 9.97 Å². The number of aryl methyl sites for hydroxylation is 1. The monoisotopic (exact) mass is 380 g/mol. The molecule has 1 atom stereocenters. The summed E-state index contributed by atoms with van der Waals surface area (Å²) in [7, 11) is 2.06. The van der Waals surface area contributed by atoms with Crippen molar-refractivity contribution in [2.75, 3.05) is 47.9 Å². The van der Waals surface area contributed by atoms with E-state index in [0.717, 1.165) is 60.9 Å². The first-order chi connectivity index (χ1) is 13.5. The van der Waals surface area contributed by atoms with E-state index in [1.807, 2.05) is 36.9 Å². The number of hydrogen-bond donors (Lipinski definition) is 1. The molecule has 0 saturated carbocycles. The van der Waals surface area contributed by atoms with Crippen LogP contribution < -0.4 is 20.4 Å². The zero-order valence-electron chi connectivity index (χ0n) is 16.9. The molecule has 1 aromatic carbocycles. The van der Waals surface area contributed by atoms with E-state index in [-0.39, 0.29) is 17.8 Å². The van der Waals surface area contributed by atoms with Crippen LogP contribution in [0.4, 0.5) is 17.2 Å². The SMILES string of the molecule is Cc1nc(C(=O)N2CCCN(C)c3ccccc32)nc(N2CC[C@@H](N)C2)c1C. The summed E-state index contributed by atoms with van der Waals surface area (Å²) in [6.45, 7) is 7.15. The molecule has 1 aromatic heterocycles. The maximum atomic E-state index is 13.5. The number of hydrogen-bond acceptors (Lipinski definition) is 6. The molecule has 0 aliphatic carbocycles. The molecule has 7 nitrogen and oxygen atoms in total. The fourth-order valence-electron chi connectivity index (χ4n) is 4.05. The lowest BCUT2D eigenvalue weighted by atomic mass is 10.2. The number of para-hydroxylation sites is 2. The van der Waals surface area contributed by atoms with Gasteiger partial charge in [-0.15, -0.1) is 0 Å². The second kappa shape index (κ2) is 7.39. The van der Waals surface area contributed by atoms with Crippen molar-refractivity contribution >= 4 is 23.1 Å². The van der Waals surface area contributed by atoms with Crippen molar-refractivity contribution in [2.45, 2.75) is 32.7 Å². The van der Waals surface area contributed by atoms with Crippen LogP contribution in [0.25, 0.3) is 0 Å². The smallest absolute Gasteiger partial charge is 0.296 e. The molecule has 1 saturated heterocycles. The van der Waals surface area contributed by atoms with Gasteiger partial charge in [-0.1, -0.05) is 12.1 Å². The Balaban J connectivity index is 1.72. The van der Waals surface area contributed by atoms with Gasteiger partial charge in [0.25, 0.3) is 5.91 Å². The molecule has 28 heavy (non-hydrogen) atoms. The number of aromatic nitrogens is 2. The Bertz CT molecular complexity index is 898. The number of carbonyl (C=O) groups excluding carboxylic acids is 1. The Hall–Kier alpha value is -2.67. The quantitative estimate of drug-likeness (QED) is 0.860. The molecule has 0 spiro atoms. The Morgan fingerprint density at radius 2 is 1.86 bits per heavy atom. The molecule has 148 valence electrons. The van der Waals surface area contributed by atoms with E-state index in [2.05, 4.69) is 27.9 Å². The van der Waals surface area contributed by atoms with Gasteiger partial charge in [-0.05, 0) is 38.8 Å². The highest BCUT2D eigenvalue weighted by Gasteiger charge is 2.29. The largest absolute Gasteiger partial charge is 0.373 e. The van der Waals surface area contributed by atoms with Crippen molar-refractivity contribution in [3.8, 4) is 0 Å². The number of benzene rings is 1. The number of anilines is 3. The average molecular weight is 380 g/mol. The van der Waals surface area contributed by atoms with E-state index < -0.39 is 0 Å². The average Bonchev–Trinajstić information content (AvgIpc) is 3.05. The highest BCUT2D eigenvalue weighted by Crippen LogP contribution is 2.32. The topological polar surface area (TPSA) is 78.6 Å². The van der Waals surface area contributed by atoms with Crippen molar-refractivity contribution in [1.29, 1.82) is 0 Å². The molecular weight excluding hydrogens is 352 g/mol. The lowest BCUT2D eigenvalue weighted by Gasteiger charge is -2.25. The number of fused-ring (bicyclic) bond motifs is 1. The molecule has 2 aromatic rings. The predicted octanol–water partition coefficient (Wildman–Crippen LogP) is 2.12. The summed E-state index contributed by atoms with van der Waals surface area (Å²) in [5.74, 6) is 0.956. The van der Waals surface area contributed by atoms with Gasteiger partial charge < -0.3 is 20.4 Å². The molecule has 2 aliphatic heterocycles. The minimum absolute atomic E-state index is 0.143. The minimum atomic E-state index is -0.143. The number of nitrogens with zero attached hydrogens (tertiary/aromatic N) is 5. The second-order valence-electron chi connectivity index (χ2n) is 7.80. The highest BCUT2D eigenvalue weighted by atomic mass is 16.2. The van der Waals surface area contributed by atoms with Crippen LogP contribution in [0.15, 0.2) is 24.3 Å². The molecule has 4 rings (SSSR count). The van der Waals surface area contributed by atoms with Crippen molar-refractivity contribution in [2.24, 2.45) is 5.73 Å². The molecule has 2 N–H and O–H groups in total. The van der Waals surface area contributed by atoms with Crippen molar-refractivity contribution in [3.63, 3.8) is 0 Å². The predicted molar refractivity (Wildman–Crippen MR) is 112 cm³/mol. The maximum Gasteiger partial charge on any atom is 0.296 e. The molecule has 0 unspecified atom stereocenters. The molecule has 0 radical (unpaired) electrons. The third kappa shape index (κ3) is 3.30. The minimum Gasteiger partial charge on any atom is -0.373 e. The Morgan fingerprint density at radius 1 is 1.11 bits per heavy atom. The summed E-state index contributed by atoms with van der Waals surface area (Å²) >= 11 is 0. The number of carbonyl (C=O) groups is 1. The Morgan fingerprint density at radius 3 is 2.57 bits per heavy atom. The lowest BCUT2D eigenvalue weighted by molar-refractivity contribution is 0.0977. The third-order valence-electron chi connectivity index (χ3n) is 5.78. The van der Waals surface area contributed by atoms with E-state index in [9.17, 15) is 4.79 Å². The van der Waals surface area contributed by atoms with Crippen LogP contribution in [0.5, 0.6) is 0 Å². The Kier molecular flexibility index (Phi) is 4.93. The molecule has 3 heterocycles. The summed E-state index contributed by atoms with van der Waals surface area (Å²) in [5.41, 5.74) is 9.92. The van der Waals surface area contributed by atoms with Crippen LogP contribution in [0.1, 0.15) is 34.7 Å². The van der Waals surface area contributed by atoms with Gasteiger partial charge in [0.2, 0.25) is 5.82 Å². The van der Waals surface area contributed by atoms with Gasteiger partial charge in [0.15, 0.2) is 0 Å². The highest BCUT2D eigenvalue weighted by molar-refractivity contribution is 6.06. The molecule has 1 amide bonds. The van der Waals surface area contributed by atoms with Crippen LogP contribution in [0, 0.1) is 13.8 Å². The zero-order valence-corrected chi connectivity index (χ0v) is 16.9. The molecule has 1 fully saturated rings.